The highest BCUT2D eigenvalue weighted by Gasteiger charge is 2.05. The fraction of sp³-hybridized carbons (Fsp3) is 0.136. The third kappa shape index (κ3) is 5.63. The third-order valence-corrected chi connectivity index (χ3v) is 4.58. The Kier molecular flexibility index (Phi) is 6.13. The van der Waals surface area contributed by atoms with Gasteiger partial charge in [0.05, 0.1) is 13.1 Å². The SMILES string of the molecule is O=C(NCc1cccc(Cn2cncn2)c1)Nc1cccc(Cn2cccnc2=O)c1. The van der Waals surface area contributed by atoms with Crippen LogP contribution in [0.1, 0.15) is 16.7 Å². The molecule has 0 saturated heterocycles. The molecule has 0 radical (unpaired) electrons. The number of amides is 2. The number of nitrogens with zero attached hydrogens (tertiary/aromatic N) is 5. The second kappa shape index (κ2) is 9.49. The molecule has 31 heavy (non-hydrogen) atoms. The first-order valence-corrected chi connectivity index (χ1v) is 9.71. The van der Waals surface area contributed by atoms with Crippen molar-refractivity contribution < 1.29 is 4.79 Å². The molecule has 2 aromatic heterocycles. The lowest BCUT2D eigenvalue weighted by Crippen LogP contribution is -2.28. The van der Waals surface area contributed by atoms with Crippen molar-refractivity contribution in [3.8, 4) is 0 Å². The van der Waals surface area contributed by atoms with E-state index in [1.165, 1.54) is 17.1 Å². The van der Waals surface area contributed by atoms with Crippen LogP contribution in [-0.4, -0.2) is 30.3 Å². The van der Waals surface area contributed by atoms with Crippen LogP contribution in [0.3, 0.4) is 0 Å². The van der Waals surface area contributed by atoms with Gasteiger partial charge in [0.1, 0.15) is 12.7 Å². The van der Waals surface area contributed by atoms with E-state index in [0.29, 0.717) is 25.3 Å². The molecular weight excluding hydrogens is 394 g/mol. The number of rotatable bonds is 7. The molecule has 2 amide bonds. The lowest BCUT2D eigenvalue weighted by atomic mass is 10.1. The van der Waals surface area contributed by atoms with Gasteiger partial charge in [0.15, 0.2) is 0 Å². The summed E-state index contributed by atoms with van der Waals surface area (Å²) in [6.07, 6.45) is 6.31. The smallest absolute Gasteiger partial charge is 0.334 e. The van der Waals surface area contributed by atoms with E-state index in [2.05, 4.69) is 25.7 Å². The minimum absolute atomic E-state index is 0.308. The Morgan fingerprint density at radius 3 is 2.58 bits per heavy atom. The minimum atomic E-state index is -0.315. The maximum Gasteiger partial charge on any atom is 0.347 e. The summed E-state index contributed by atoms with van der Waals surface area (Å²) in [5.74, 6) is 0. The summed E-state index contributed by atoms with van der Waals surface area (Å²) in [6.45, 7) is 1.39. The normalized spacial score (nSPS) is 10.6. The summed E-state index contributed by atoms with van der Waals surface area (Å²) in [6, 6.07) is 16.7. The molecule has 0 aliphatic heterocycles. The number of carbonyl (C=O) groups is 1. The number of nitrogens with one attached hydrogen (secondary N) is 2. The van der Waals surface area contributed by atoms with Crippen molar-refractivity contribution in [1.82, 2.24) is 29.6 Å². The van der Waals surface area contributed by atoms with Crippen LogP contribution in [0.4, 0.5) is 10.5 Å². The summed E-state index contributed by atoms with van der Waals surface area (Å²) in [5.41, 5.74) is 3.27. The van der Waals surface area contributed by atoms with E-state index in [4.69, 9.17) is 0 Å². The van der Waals surface area contributed by atoms with Gasteiger partial charge in [-0.3, -0.25) is 4.57 Å². The molecule has 4 aromatic rings. The Morgan fingerprint density at radius 2 is 1.77 bits per heavy atom. The van der Waals surface area contributed by atoms with Crippen LogP contribution in [0.25, 0.3) is 0 Å². The second-order valence-corrected chi connectivity index (χ2v) is 6.95. The van der Waals surface area contributed by atoms with Crippen molar-refractivity contribution in [3.05, 3.63) is 107 Å². The van der Waals surface area contributed by atoms with E-state index in [-0.39, 0.29) is 11.7 Å². The molecule has 2 aromatic carbocycles. The van der Waals surface area contributed by atoms with E-state index in [1.807, 2.05) is 42.5 Å². The van der Waals surface area contributed by atoms with Crippen molar-refractivity contribution in [2.24, 2.45) is 0 Å². The molecule has 0 aliphatic carbocycles. The van der Waals surface area contributed by atoms with Crippen LogP contribution in [0, 0.1) is 0 Å². The van der Waals surface area contributed by atoms with Gasteiger partial charge in [-0.25, -0.2) is 24.2 Å². The van der Waals surface area contributed by atoms with Crippen molar-refractivity contribution in [2.75, 3.05) is 5.32 Å². The average Bonchev–Trinajstić information content (AvgIpc) is 3.28. The van der Waals surface area contributed by atoms with Crippen molar-refractivity contribution >= 4 is 11.7 Å². The molecule has 0 spiro atoms. The number of hydrogen-bond donors (Lipinski definition) is 2. The molecule has 156 valence electrons. The zero-order valence-corrected chi connectivity index (χ0v) is 16.7. The fourth-order valence-corrected chi connectivity index (χ4v) is 3.15. The molecular formula is C22H21N7O2. The summed E-state index contributed by atoms with van der Waals surface area (Å²) in [7, 11) is 0. The van der Waals surface area contributed by atoms with Gasteiger partial charge >= 0.3 is 11.7 Å². The Labute approximate surface area is 178 Å². The molecule has 0 bridgehead atoms. The van der Waals surface area contributed by atoms with Crippen molar-refractivity contribution in [3.63, 3.8) is 0 Å². The third-order valence-electron chi connectivity index (χ3n) is 4.58. The Hall–Kier alpha value is -4.27. The first-order valence-electron chi connectivity index (χ1n) is 9.71. The number of carbonyl (C=O) groups excluding carboxylic acids is 1. The van der Waals surface area contributed by atoms with Crippen molar-refractivity contribution in [2.45, 2.75) is 19.6 Å². The van der Waals surface area contributed by atoms with Gasteiger partial charge in [0.2, 0.25) is 0 Å². The predicted molar refractivity (Wildman–Crippen MR) is 115 cm³/mol. The molecule has 2 N–H and O–H groups in total. The first kappa shape index (κ1) is 20.0. The summed E-state index contributed by atoms with van der Waals surface area (Å²) in [5, 5.41) is 9.79. The number of aromatic nitrogens is 5. The predicted octanol–water partition coefficient (Wildman–Crippen LogP) is 2.25. The average molecular weight is 415 g/mol. The number of anilines is 1. The first-order chi connectivity index (χ1) is 15.2. The quantitative estimate of drug-likeness (QED) is 0.482. The maximum atomic E-state index is 12.3. The lowest BCUT2D eigenvalue weighted by molar-refractivity contribution is 0.251. The largest absolute Gasteiger partial charge is 0.347 e. The number of benzene rings is 2. The van der Waals surface area contributed by atoms with Gasteiger partial charge in [0, 0.05) is 24.6 Å². The van der Waals surface area contributed by atoms with Gasteiger partial charge in [-0.05, 0) is 34.9 Å². The van der Waals surface area contributed by atoms with Crippen LogP contribution >= 0.6 is 0 Å². The van der Waals surface area contributed by atoms with E-state index in [0.717, 1.165) is 16.7 Å². The second-order valence-electron chi connectivity index (χ2n) is 6.95. The maximum absolute atomic E-state index is 12.3. The molecule has 0 saturated carbocycles. The van der Waals surface area contributed by atoms with Crippen LogP contribution in [0.5, 0.6) is 0 Å². The minimum Gasteiger partial charge on any atom is -0.334 e. The van der Waals surface area contributed by atoms with Crippen LogP contribution in [-0.2, 0) is 19.6 Å². The molecule has 0 aliphatic rings. The molecule has 4 rings (SSSR count). The monoisotopic (exact) mass is 415 g/mol. The summed E-state index contributed by atoms with van der Waals surface area (Å²) in [4.78, 5) is 31.8. The van der Waals surface area contributed by atoms with E-state index >= 15 is 0 Å². The Balaban J connectivity index is 1.33. The standard InChI is InChI=1S/C22H21N7O2/c30-21(25-12-17-4-1-5-18(10-17)14-29-16-23-15-26-29)27-20-7-2-6-19(11-20)13-28-9-3-8-24-22(28)31/h1-11,15-16H,12-14H2,(H2,25,27,30). The van der Waals surface area contributed by atoms with Crippen LogP contribution in [0.15, 0.2) is 84.4 Å². The molecule has 2 heterocycles. The highest BCUT2D eigenvalue weighted by atomic mass is 16.2. The summed E-state index contributed by atoms with van der Waals surface area (Å²) >= 11 is 0. The van der Waals surface area contributed by atoms with Crippen molar-refractivity contribution in [1.29, 1.82) is 0 Å². The molecule has 0 unspecified atom stereocenters. The molecule has 0 atom stereocenters. The van der Waals surface area contributed by atoms with Gasteiger partial charge in [-0.2, -0.15) is 5.10 Å². The molecule has 0 fully saturated rings. The molecule has 9 heteroatoms. The fourth-order valence-electron chi connectivity index (χ4n) is 3.15. The highest BCUT2D eigenvalue weighted by Crippen LogP contribution is 2.12. The highest BCUT2D eigenvalue weighted by molar-refractivity contribution is 5.89. The van der Waals surface area contributed by atoms with Gasteiger partial charge < -0.3 is 10.6 Å². The van der Waals surface area contributed by atoms with Crippen LogP contribution < -0.4 is 16.3 Å². The van der Waals surface area contributed by atoms with E-state index in [1.54, 1.807) is 29.3 Å². The summed E-state index contributed by atoms with van der Waals surface area (Å²) < 4.78 is 3.25. The van der Waals surface area contributed by atoms with Gasteiger partial charge in [-0.15, -0.1) is 0 Å². The van der Waals surface area contributed by atoms with E-state index < -0.39 is 0 Å². The van der Waals surface area contributed by atoms with Gasteiger partial charge in [-0.1, -0.05) is 36.4 Å². The zero-order chi connectivity index (χ0) is 21.5. The number of hydrogen-bond acceptors (Lipinski definition) is 5. The zero-order valence-electron chi connectivity index (χ0n) is 16.7. The van der Waals surface area contributed by atoms with Crippen LogP contribution in [0.2, 0.25) is 0 Å². The molecule has 9 nitrogen and oxygen atoms in total. The Morgan fingerprint density at radius 1 is 0.968 bits per heavy atom. The number of urea groups is 1. The topological polar surface area (TPSA) is 107 Å². The van der Waals surface area contributed by atoms with E-state index in [9.17, 15) is 9.59 Å². The van der Waals surface area contributed by atoms with Gasteiger partial charge in [0.25, 0.3) is 0 Å². The Bertz CT molecular complexity index is 1220. The lowest BCUT2D eigenvalue weighted by Gasteiger charge is -2.11.